The van der Waals surface area contributed by atoms with Crippen LogP contribution >= 0.6 is 0 Å². The van der Waals surface area contributed by atoms with Crippen LogP contribution in [0.3, 0.4) is 0 Å². The van der Waals surface area contributed by atoms with E-state index in [0.29, 0.717) is 0 Å². The van der Waals surface area contributed by atoms with Crippen LogP contribution in [0.2, 0.25) is 0 Å². The Labute approximate surface area is 699 Å². The zero-order chi connectivity index (χ0) is 79.8. The Kier molecular flexibility index (Phi) is 14.7. The van der Waals surface area contributed by atoms with Crippen LogP contribution in [0.25, 0.3) is 231 Å². The molecule has 568 valence electrons. The van der Waals surface area contributed by atoms with E-state index in [-0.39, 0.29) is 0 Å². The van der Waals surface area contributed by atoms with Crippen molar-refractivity contribution in [1.82, 2.24) is 36.5 Å². The first-order chi connectivity index (χ1) is 60.6. The van der Waals surface area contributed by atoms with E-state index in [1.807, 2.05) is 0 Å². The molecule has 8 aromatic heterocycles. The molecule has 19 aromatic carbocycles. The van der Waals surface area contributed by atoms with Gasteiger partial charge in [0.25, 0.3) is 0 Å². The first kappa shape index (κ1) is 67.7. The summed E-state index contributed by atoms with van der Waals surface area (Å²) in [5, 5.41) is 20.0. The van der Waals surface area contributed by atoms with Crippen LogP contribution in [-0.2, 0) is 0 Å². The fourth-order valence-corrected chi connectivity index (χ4v) is 20.8. The Morgan fingerprint density at radius 3 is 0.541 bits per heavy atom. The lowest BCUT2D eigenvalue weighted by Crippen LogP contribution is -2.02. The fourth-order valence-electron chi connectivity index (χ4n) is 20.8. The Morgan fingerprint density at radius 1 is 0.107 bits per heavy atom. The molecule has 0 aliphatic carbocycles. The summed E-state index contributed by atoms with van der Waals surface area (Å²) >= 11 is 0. The zero-order valence-electron chi connectivity index (χ0n) is 66.1. The third-order valence-corrected chi connectivity index (χ3v) is 25.9. The van der Waals surface area contributed by atoms with Crippen LogP contribution in [0.1, 0.15) is 0 Å². The van der Waals surface area contributed by atoms with E-state index in [2.05, 4.69) is 473 Å². The summed E-state index contributed by atoms with van der Waals surface area (Å²) in [7, 11) is 0. The maximum atomic E-state index is 2.46. The molecule has 8 nitrogen and oxygen atoms in total. The largest absolute Gasteiger partial charge is 0.309 e. The maximum Gasteiger partial charge on any atom is 0.0782 e. The molecule has 0 spiro atoms. The molecule has 0 fully saturated rings. The minimum absolute atomic E-state index is 1.12. The second-order valence-electron chi connectivity index (χ2n) is 32.2. The number of rotatable bonds is 9. The quantitative estimate of drug-likeness (QED) is 0.138. The van der Waals surface area contributed by atoms with Crippen LogP contribution in [0.5, 0.6) is 0 Å². The third kappa shape index (κ3) is 9.91. The van der Waals surface area contributed by atoms with Gasteiger partial charge in [-0.15, -0.1) is 0 Å². The summed E-state index contributed by atoms with van der Waals surface area (Å²) in [6.45, 7) is 0. The maximum absolute atomic E-state index is 2.46. The molecule has 0 unspecified atom stereocenters. The van der Waals surface area contributed by atoms with E-state index in [1.54, 1.807) is 0 Å². The first-order valence-corrected chi connectivity index (χ1v) is 42.0. The smallest absolute Gasteiger partial charge is 0.0782 e. The molecule has 0 saturated carbocycles. The van der Waals surface area contributed by atoms with Gasteiger partial charge in [0.1, 0.15) is 0 Å². The van der Waals surface area contributed by atoms with Crippen LogP contribution in [0.4, 0.5) is 0 Å². The molecular formula is C114H72N8. The van der Waals surface area contributed by atoms with Gasteiger partial charge in [-0.05, 0) is 181 Å². The van der Waals surface area contributed by atoms with Gasteiger partial charge in [-0.25, -0.2) is 0 Å². The lowest BCUT2D eigenvalue weighted by molar-refractivity contribution is 1.11. The SMILES string of the molecule is c1ccc2c(c1)c1ccccc1n2-c1ccc2c(c1)c1ccccc1n2-c1ccc(-c2ccc(-n3c4ccccc4c4cc(-n5c6ccccc6c6ccccc65)ccc43)cc2)cc1.c1ccc2c(c1)c1ccccc1n2-c1cccc2c3ccccc3n(-c3ccc(-n4c5ccccc5c5cccc(-n6c7ccccc7c7ccccc76)c54)cc3)c12. The summed E-state index contributed by atoms with van der Waals surface area (Å²) in [5.41, 5.74) is 30.7. The van der Waals surface area contributed by atoms with Crippen molar-refractivity contribution < 1.29 is 0 Å². The summed E-state index contributed by atoms with van der Waals surface area (Å²) in [4.78, 5) is 0. The number of nitrogens with zero attached hydrogens (tertiary/aromatic N) is 8. The molecule has 0 N–H and O–H groups in total. The highest BCUT2D eigenvalue weighted by molar-refractivity contribution is 6.19. The highest BCUT2D eigenvalue weighted by Crippen LogP contribution is 2.46. The highest BCUT2D eigenvalue weighted by atomic mass is 15.1. The van der Waals surface area contributed by atoms with Gasteiger partial charge in [-0.2, -0.15) is 0 Å². The lowest BCUT2D eigenvalue weighted by atomic mass is 10.0. The Bertz CT molecular complexity index is 8280. The molecule has 0 aliphatic rings. The predicted molar refractivity (Wildman–Crippen MR) is 513 cm³/mol. The normalized spacial score (nSPS) is 12.1. The second kappa shape index (κ2) is 26.5. The molecule has 0 aliphatic heterocycles. The van der Waals surface area contributed by atoms with Crippen molar-refractivity contribution in [1.29, 1.82) is 0 Å². The van der Waals surface area contributed by atoms with E-state index >= 15 is 0 Å². The lowest BCUT2D eigenvalue weighted by Gasteiger charge is -2.16. The molecule has 8 heterocycles. The topological polar surface area (TPSA) is 39.4 Å². The number of hydrogen-bond acceptors (Lipinski definition) is 0. The van der Waals surface area contributed by atoms with E-state index < -0.39 is 0 Å². The van der Waals surface area contributed by atoms with E-state index in [4.69, 9.17) is 0 Å². The van der Waals surface area contributed by atoms with E-state index in [1.165, 1.54) is 186 Å². The zero-order valence-corrected chi connectivity index (χ0v) is 66.1. The number of para-hydroxylation sites is 14. The van der Waals surface area contributed by atoms with Crippen molar-refractivity contribution in [3.63, 3.8) is 0 Å². The van der Waals surface area contributed by atoms with Crippen LogP contribution < -0.4 is 0 Å². The average molecular weight is 1550 g/mol. The Morgan fingerprint density at radius 2 is 0.279 bits per heavy atom. The molecule has 0 bridgehead atoms. The van der Waals surface area contributed by atoms with Crippen molar-refractivity contribution in [3.8, 4) is 56.6 Å². The van der Waals surface area contributed by atoms with Crippen molar-refractivity contribution in [2.24, 2.45) is 0 Å². The van der Waals surface area contributed by atoms with Crippen LogP contribution in [0.15, 0.2) is 437 Å². The van der Waals surface area contributed by atoms with Gasteiger partial charge in [0, 0.05) is 120 Å². The van der Waals surface area contributed by atoms with Gasteiger partial charge < -0.3 is 36.5 Å². The van der Waals surface area contributed by atoms with Gasteiger partial charge in [0.05, 0.1) is 99.6 Å². The van der Waals surface area contributed by atoms with Crippen molar-refractivity contribution >= 4 is 174 Å². The van der Waals surface area contributed by atoms with Crippen molar-refractivity contribution in [2.75, 3.05) is 0 Å². The predicted octanol–water partition coefficient (Wildman–Crippen LogP) is 29.8. The summed E-state index contributed by atoms with van der Waals surface area (Å²) < 4.78 is 19.4. The minimum atomic E-state index is 1.12. The molecule has 0 amide bonds. The van der Waals surface area contributed by atoms with Gasteiger partial charge in [0.15, 0.2) is 0 Å². The molecule has 0 atom stereocenters. The molecule has 27 aromatic rings. The highest BCUT2D eigenvalue weighted by Gasteiger charge is 2.26. The molecule has 27 rings (SSSR count). The van der Waals surface area contributed by atoms with Gasteiger partial charge in [-0.1, -0.05) is 267 Å². The second-order valence-corrected chi connectivity index (χ2v) is 32.2. The molecule has 0 saturated heterocycles. The molecule has 8 heteroatoms. The number of fused-ring (bicyclic) bond motifs is 24. The standard InChI is InChI=1S/C60H38N4.C54H34N4/c1-7-19-53-45(13-1)46-14-2-8-20-54(46)63(53)43-33-35-59-51(37-43)49-17-5-11-23-57(49)61(59)41-29-25-39(26-30-41)40-27-31-42(32-28-40)62-58-24-12-6-18-50(58)52-38-44(34-36-60(52)62)64-55-21-9-3-15-47(55)48-16-4-10-22-56(48)64;1-9-25-47-37(15-1)38-16-2-10-26-48(38)57(47)51-29-13-21-43-41-19-5-7-23-45(41)55(53(43)51)35-31-33-36(34-32-35)56-46-24-8-6-20-42(46)44-22-14-30-52(54(44)56)58-49-27-11-3-17-39(49)40-18-4-12-28-50(40)58/h1-38H;1-34H. The van der Waals surface area contributed by atoms with E-state index in [0.717, 1.165) is 45.5 Å². The van der Waals surface area contributed by atoms with Gasteiger partial charge >= 0.3 is 0 Å². The number of hydrogen-bond donors (Lipinski definition) is 0. The molecular weight excluding hydrogens is 1480 g/mol. The average Bonchev–Trinajstić information content (AvgIpc) is 1.56. The molecule has 122 heavy (non-hydrogen) atoms. The van der Waals surface area contributed by atoms with Crippen LogP contribution in [-0.4, -0.2) is 36.5 Å². The number of aromatic nitrogens is 8. The van der Waals surface area contributed by atoms with Gasteiger partial charge in [-0.3, -0.25) is 0 Å². The van der Waals surface area contributed by atoms with Gasteiger partial charge in [0.2, 0.25) is 0 Å². The minimum Gasteiger partial charge on any atom is -0.309 e. The van der Waals surface area contributed by atoms with Crippen LogP contribution in [0, 0.1) is 0 Å². The van der Waals surface area contributed by atoms with Crippen molar-refractivity contribution in [3.05, 3.63) is 437 Å². The third-order valence-electron chi connectivity index (χ3n) is 25.9. The Hall–Kier alpha value is -16.4. The monoisotopic (exact) mass is 1550 g/mol. The summed E-state index contributed by atoms with van der Waals surface area (Å²) in [6.07, 6.45) is 0. The number of benzene rings is 19. The molecule has 0 radical (unpaired) electrons. The Balaban J connectivity index is 0.000000132. The summed E-state index contributed by atoms with van der Waals surface area (Å²) in [6, 6.07) is 160. The van der Waals surface area contributed by atoms with Crippen molar-refractivity contribution in [2.45, 2.75) is 0 Å². The summed E-state index contributed by atoms with van der Waals surface area (Å²) in [5.74, 6) is 0. The first-order valence-electron chi connectivity index (χ1n) is 42.0. The van der Waals surface area contributed by atoms with E-state index in [9.17, 15) is 0 Å². The fraction of sp³-hybridized carbons (Fsp3) is 0.